The smallest absolute Gasteiger partial charge is 0.327 e. The molecule has 1 fully saturated rings. The summed E-state index contributed by atoms with van der Waals surface area (Å²) in [7, 11) is 0. The van der Waals surface area contributed by atoms with Gasteiger partial charge in [0.1, 0.15) is 0 Å². The molecule has 1 saturated heterocycles. The monoisotopic (exact) mass is 211 g/mol. The van der Waals surface area contributed by atoms with Crippen LogP contribution in [0.4, 0.5) is 0 Å². The summed E-state index contributed by atoms with van der Waals surface area (Å²) in [4.78, 5) is 10.5. The molecular weight excluding hydrogens is 190 g/mol. The molecule has 3 heteroatoms. The van der Waals surface area contributed by atoms with Crippen LogP contribution in [0.1, 0.15) is 40.5 Å². The Balaban J connectivity index is 2.71. The van der Waals surface area contributed by atoms with Crippen molar-refractivity contribution in [1.29, 1.82) is 0 Å². The maximum Gasteiger partial charge on any atom is 0.327 e. The van der Waals surface area contributed by atoms with Crippen LogP contribution < -0.4 is 5.32 Å². The summed E-state index contributed by atoms with van der Waals surface area (Å²) in [5.74, 6) is -0.503. The standard InChI is InChI=1S/C12H21NO2/c1-11(2)7-9(5-6-10(14)15)8-12(3,4)13-11/h5-6,9,13H,7-8H2,1-4H3,(H,14,15)/b6-5+. The van der Waals surface area contributed by atoms with Crippen molar-refractivity contribution >= 4 is 5.97 Å². The van der Waals surface area contributed by atoms with Crippen LogP contribution in [0.25, 0.3) is 0 Å². The maximum absolute atomic E-state index is 10.5. The Kier molecular flexibility index (Phi) is 3.24. The van der Waals surface area contributed by atoms with E-state index in [2.05, 4.69) is 33.0 Å². The van der Waals surface area contributed by atoms with E-state index in [-0.39, 0.29) is 11.1 Å². The van der Waals surface area contributed by atoms with E-state index in [0.29, 0.717) is 5.92 Å². The second-order valence-corrected chi connectivity index (χ2v) is 5.76. The van der Waals surface area contributed by atoms with Crippen LogP contribution >= 0.6 is 0 Å². The number of rotatable bonds is 2. The molecule has 0 bridgehead atoms. The Hall–Kier alpha value is -0.830. The first-order valence-corrected chi connectivity index (χ1v) is 5.41. The number of nitrogens with one attached hydrogen (secondary N) is 1. The molecule has 0 aliphatic carbocycles. The van der Waals surface area contributed by atoms with Gasteiger partial charge in [-0.15, -0.1) is 0 Å². The molecule has 0 aromatic rings. The molecule has 2 N–H and O–H groups in total. The lowest BCUT2D eigenvalue weighted by atomic mass is 9.76. The van der Waals surface area contributed by atoms with Crippen molar-refractivity contribution in [2.75, 3.05) is 0 Å². The zero-order valence-corrected chi connectivity index (χ0v) is 10.0. The number of carbonyl (C=O) groups is 1. The van der Waals surface area contributed by atoms with Crippen LogP contribution in [-0.2, 0) is 4.79 Å². The molecule has 86 valence electrons. The molecule has 0 saturated carbocycles. The number of aliphatic carboxylic acids is 1. The fraction of sp³-hybridized carbons (Fsp3) is 0.750. The third-order valence-electron chi connectivity index (χ3n) is 2.73. The normalized spacial score (nSPS) is 25.6. The number of carboxylic acid groups (broad SMARTS) is 1. The van der Waals surface area contributed by atoms with Crippen molar-refractivity contribution in [2.45, 2.75) is 51.6 Å². The van der Waals surface area contributed by atoms with Gasteiger partial charge in [-0.05, 0) is 46.5 Å². The number of hydrogen-bond donors (Lipinski definition) is 2. The largest absolute Gasteiger partial charge is 0.478 e. The molecule has 0 spiro atoms. The van der Waals surface area contributed by atoms with Crippen LogP contribution in [0.5, 0.6) is 0 Å². The summed E-state index contributed by atoms with van der Waals surface area (Å²) < 4.78 is 0. The van der Waals surface area contributed by atoms with Crippen LogP contribution in [0.2, 0.25) is 0 Å². The molecule has 15 heavy (non-hydrogen) atoms. The first kappa shape index (κ1) is 12.2. The average Bonchev–Trinajstić information content (AvgIpc) is 1.94. The van der Waals surface area contributed by atoms with E-state index in [1.807, 2.05) is 6.08 Å². The number of allylic oxidation sites excluding steroid dienone is 1. The lowest BCUT2D eigenvalue weighted by Crippen LogP contribution is -2.57. The Morgan fingerprint density at radius 1 is 1.27 bits per heavy atom. The predicted molar refractivity (Wildman–Crippen MR) is 60.8 cm³/mol. The van der Waals surface area contributed by atoms with Crippen LogP contribution in [0.15, 0.2) is 12.2 Å². The third-order valence-corrected chi connectivity index (χ3v) is 2.73. The summed E-state index contributed by atoms with van der Waals surface area (Å²) in [5, 5.41) is 12.2. The molecule has 1 rings (SSSR count). The molecule has 0 amide bonds. The lowest BCUT2D eigenvalue weighted by Gasteiger charge is -2.45. The second-order valence-electron chi connectivity index (χ2n) is 5.76. The highest BCUT2D eigenvalue weighted by Gasteiger charge is 2.36. The topological polar surface area (TPSA) is 49.3 Å². The first-order valence-electron chi connectivity index (χ1n) is 5.41. The Labute approximate surface area is 91.6 Å². The van der Waals surface area contributed by atoms with Crippen LogP contribution in [-0.4, -0.2) is 22.2 Å². The number of piperidine rings is 1. The molecule has 0 unspecified atom stereocenters. The quantitative estimate of drug-likeness (QED) is 0.688. The van der Waals surface area contributed by atoms with Crippen molar-refractivity contribution < 1.29 is 9.90 Å². The zero-order chi connectivity index (χ0) is 11.7. The maximum atomic E-state index is 10.5. The summed E-state index contributed by atoms with van der Waals surface area (Å²) in [6.45, 7) is 8.65. The van der Waals surface area contributed by atoms with Gasteiger partial charge in [0.05, 0.1) is 0 Å². The van der Waals surface area contributed by atoms with Crippen molar-refractivity contribution in [3.8, 4) is 0 Å². The fourth-order valence-electron chi connectivity index (χ4n) is 2.76. The predicted octanol–water partition coefficient (Wildman–Crippen LogP) is 2.18. The van der Waals surface area contributed by atoms with E-state index in [1.165, 1.54) is 6.08 Å². The van der Waals surface area contributed by atoms with E-state index >= 15 is 0 Å². The molecule has 0 aromatic carbocycles. The van der Waals surface area contributed by atoms with Gasteiger partial charge < -0.3 is 10.4 Å². The molecule has 0 aromatic heterocycles. The van der Waals surface area contributed by atoms with E-state index in [1.54, 1.807) is 0 Å². The third kappa shape index (κ3) is 4.04. The van der Waals surface area contributed by atoms with Crippen molar-refractivity contribution in [2.24, 2.45) is 5.92 Å². The van der Waals surface area contributed by atoms with Gasteiger partial charge in [0.2, 0.25) is 0 Å². The molecule has 3 nitrogen and oxygen atoms in total. The van der Waals surface area contributed by atoms with Crippen molar-refractivity contribution in [3.05, 3.63) is 12.2 Å². The average molecular weight is 211 g/mol. The highest BCUT2D eigenvalue weighted by atomic mass is 16.4. The van der Waals surface area contributed by atoms with Gasteiger partial charge in [-0.2, -0.15) is 0 Å². The second kappa shape index (κ2) is 3.97. The minimum atomic E-state index is -0.857. The van der Waals surface area contributed by atoms with E-state index in [0.717, 1.165) is 12.8 Å². The highest BCUT2D eigenvalue weighted by Crippen LogP contribution is 2.33. The molecular formula is C12H21NO2. The molecule has 1 aliphatic rings. The van der Waals surface area contributed by atoms with Gasteiger partial charge in [-0.3, -0.25) is 0 Å². The molecule has 1 aliphatic heterocycles. The summed E-state index contributed by atoms with van der Waals surface area (Å²) >= 11 is 0. The van der Waals surface area contributed by atoms with E-state index in [9.17, 15) is 4.79 Å². The van der Waals surface area contributed by atoms with Gasteiger partial charge in [0.25, 0.3) is 0 Å². The first-order chi connectivity index (χ1) is 6.70. The summed E-state index contributed by atoms with van der Waals surface area (Å²) in [6, 6.07) is 0. The molecule has 0 radical (unpaired) electrons. The Bertz CT molecular complexity index is 263. The molecule has 1 heterocycles. The number of carboxylic acids is 1. The van der Waals surface area contributed by atoms with Crippen LogP contribution in [0, 0.1) is 5.92 Å². The summed E-state index contributed by atoms with van der Waals surface area (Å²) in [6.07, 6.45) is 5.06. The van der Waals surface area contributed by atoms with Crippen molar-refractivity contribution in [1.82, 2.24) is 5.32 Å². The van der Waals surface area contributed by atoms with Gasteiger partial charge in [0, 0.05) is 17.2 Å². The zero-order valence-electron chi connectivity index (χ0n) is 10.0. The number of hydrogen-bond acceptors (Lipinski definition) is 2. The van der Waals surface area contributed by atoms with Gasteiger partial charge in [-0.1, -0.05) is 6.08 Å². The fourth-order valence-corrected chi connectivity index (χ4v) is 2.76. The minimum absolute atomic E-state index is 0.0786. The Morgan fingerprint density at radius 2 is 1.73 bits per heavy atom. The Morgan fingerprint density at radius 3 is 2.13 bits per heavy atom. The highest BCUT2D eigenvalue weighted by molar-refractivity contribution is 5.79. The molecule has 0 atom stereocenters. The van der Waals surface area contributed by atoms with Crippen LogP contribution in [0.3, 0.4) is 0 Å². The summed E-state index contributed by atoms with van der Waals surface area (Å²) in [5.41, 5.74) is 0.157. The van der Waals surface area contributed by atoms with Gasteiger partial charge in [0.15, 0.2) is 0 Å². The van der Waals surface area contributed by atoms with E-state index in [4.69, 9.17) is 5.11 Å². The SMILES string of the molecule is CC1(C)CC(/C=C/C(=O)O)CC(C)(C)N1. The minimum Gasteiger partial charge on any atom is -0.478 e. The van der Waals surface area contributed by atoms with E-state index < -0.39 is 5.97 Å². The lowest BCUT2D eigenvalue weighted by molar-refractivity contribution is -0.131. The van der Waals surface area contributed by atoms with Gasteiger partial charge in [-0.25, -0.2) is 4.79 Å². The van der Waals surface area contributed by atoms with Crippen molar-refractivity contribution in [3.63, 3.8) is 0 Å². The van der Waals surface area contributed by atoms with Gasteiger partial charge >= 0.3 is 5.97 Å².